The molecule has 4 amide bonds. The van der Waals surface area contributed by atoms with Crippen LogP contribution >= 0.6 is 0 Å². The molecular weight excluding hydrogens is 408 g/mol. The van der Waals surface area contributed by atoms with E-state index in [2.05, 4.69) is 16.0 Å². The molecular formula is C24H36N4O4. The molecule has 1 aliphatic rings. The van der Waals surface area contributed by atoms with E-state index in [0.29, 0.717) is 25.8 Å². The number of nitrogens with one attached hydrogen (secondary N) is 3. The van der Waals surface area contributed by atoms with Gasteiger partial charge in [0.1, 0.15) is 12.1 Å². The van der Waals surface area contributed by atoms with Gasteiger partial charge in [-0.25, -0.2) is 0 Å². The summed E-state index contributed by atoms with van der Waals surface area (Å²) in [5.41, 5.74) is 0.928. The summed E-state index contributed by atoms with van der Waals surface area (Å²) in [4.78, 5) is 52.5. The first-order chi connectivity index (χ1) is 15.2. The molecule has 1 saturated heterocycles. The van der Waals surface area contributed by atoms with Crippen LogP contribution in [0.2, 0.25) is 0 Å². The summed E-state index contributed by atoms with van der Waals surface area (Å²) >= 11 is 0. The summed E-state index contributed by atoms with van der Waals surface area (Å²) in [5.74, 6) is -1.06. The molecule has 0 unspecified atom stereocenters. The average molecular weight is 445 g/mol. The van der Waals surface area contributed by atoms with Crippen molar-refractivity contribution in [3.05, 3.63) is 35.9 Å². The molecule has 1 aromatic rings. The fraction of sp³-hybridized carbons (Fsp3) is 0.583. The molecule has 0 spiro atoms. The lowest BCUT2D eigenvalue weighted by Gasteiger charge is -2.28. The Bertz CT molecular complexity index is 796. The second-order valence-electron chi connectivity index (χ2n) is 9.01. The monoisotopic (exact) mass is 444 g/mol. The average Bonchev–Trinajstić information content (AvgIpc) is 2.72. The summed E-state index contributed by atoms with van der Waals surface area (Å²) in [6, 6.07) is 7.86. The number of rotatable bonds is 4. The minimum atomic E-state index is -0.759. The number of carbonyl (C=O) groups excluding carboxylic acids is 4. The Morgan fingerprint density at radius 1 is 0.969 bits per heavy atom. The predicted molar refractivity (Wildman–Crippen MR) is 123 cm³/mol. The summed E-state index contributed by atoms with van der Waals surface area (Å²) in [6.45, 7) is 7.62. The van der Waals surface area contributed by atoms with Crippen molar-refractivity contribution in [1.29, 1.82) is 0 Å². The maximum atomic E-state index is 13.0. The smallest absolute Gasteiger partial charge is 0.245 e. The van der Waals surface area contributed by atoms with Crippen molar-refractivity contribution in [2.45, 2.75) is 71.5 Å². The van der Waals surface area contributed by atoms with Gasteiger partial charge in [-0.05, 0) is 38.2 Å². The lowest BCUT2D eigenvalue weighted by molar-refractivity contribution is -0.140. The van der Waals surface area contributed by atoms with Crippen molar-refractivity contribution >= 4 is 23.6 Å². The second-order valence-corrected chi connectivity index (χ2v) is 9.01. The van der Waals surface area contributed by atoms with E-state index in [0.717, 1.165) is 5.56 Å². The number of carbonyl (C=O) groups is 4. The summed E-state index contributed by atoms with van der Waals surface area (Å²) < 4.78 is 0. The Hall–Kier alpha value is -2.90. The van der Waals surface area contributed by atoms with E-state index >= 15 is 0 Å². The molecule has 32 heavy (non-hydrogen) atoms. The van der Waals surface area contributed by atoms with E-state index in [1.165, 1.54) is 4.90 Å². The van der Waals surface area contributed by atoms with Crippen LogP contribution in [0.1, 0.15) is 52.5 Å². The van der Waals surface area contributed by atoms with Crippen LogP contribution in [0.3, 0.4) is 0 Å². The van der Waals surface area contributed by atoms with Crippen LogP contribution in [-0.2, 0) is 25.6 Å². The SMILES string of the molecule is CC(C)CN1CC(=O)N[C@@H](Cc2ccccc2)C(=O)N[C@@H](C)CCCC(=O)N[C@@H](C)C1=O. The lowest BCUT2D eigenvalue weighted by atomic mass is 10.0. The third-order valence-electron chi connectivity index (χ3n) is 5.34. The summed E-state index contributed by atoms with van der Waals surface area (Å²) in [6.07, 6.45) is 1.82. The molecule has 0 aromatic heterocycles. The van der Waals surface area contributed by atoms with Crippen LogP contribution in [0.4, 0.5) is 0 Å². The molecule has 1 aromatic carbocycles. The van der Waals surface area contributed by atoms with E-state index in [4.69, 9.17) is 0 Å². The van der Waals surface area contributed by atoms with Crippen molar-refractivity contribution in [1.82, 2.24) is 20.9 Å². The van der Waals surface area contributed by atoms with Gasteiger partial charge >= 0.3 is 0 Å². The molecule has 8 heteroatoms. The number of hydrogen-bond donors (Lipinski definition) is 3. The maximum Gasteiger partial charge on any atom is 0.245 e. The van der Waals surface area contributed by atoms with Gasteiger partial charge in [0.05, 0.1) is 6.54 Å². The van der Waals surface area contributed by atoms with Gasteiger partial charge in [-0.2, -0.15) is 0 Å². The minimum absolute atomic E-state index is 0.140. The minimum Gasteiger partial charge on any atom is -0.352 e. The van der Waals surface area contributed by atoms with Crippen molar-refractivity contribution in [2.75, 3.05) is 13.1 Å². The van der Waals surface area contributed by atoms with Gasteiger partial charge in [-0.3, -0.25) is 19.2 Å². The van der Waals surface area contributed by atoms with Crippen molar-refractivity contribution in [2.24, 2.45) is 5.92 Å². The topological polar surface area (TPSA) is 108 Å². The second kappa shape index (κ2) is 12.2. The number of amides is 4. The molecule has 0 bridgehead atoms. The summed E-state index contributed by atoms with van der Waals surface area (Å²) in [5, 5.41) is 8.50. The Kier molecular flexibility index (Phi) is 9.68. The Morgan fingerprint density at radius 3 is 2.31 bits per heavy atom. The van der Waals surface area contributed by atoms with E-state index in [1.807, 2.05) is 51.1 Å². The van der Waals surface area contributed by atoms with E-state index in [1.54, 1.807) is 6.92 Å². The molecule has 1 heterocycles. The normalized spacial score (nSPS) is 24.3. The fourth-order valence-corrected chi connectivity index (χ4v) is 3.78. The molecule has 0 radical (unpaired) electrons. The van der Waals surface area contributed by atoms with Gasteiger partial charge in [0, 0.05) is 25.4 Å². The Balaban J connectivity index is 2.26. The van der Waals surface area contributed by atoms with Gasteiger partial charge in [0.15, 0.2) is 0 Å². The van der Waals surface area contributed by atoms with Gasteiger partial charge in [-0.15, -0.1) is 0 Å². The van der Waals surface area contributed by atoms with E-state index < -0.39 is 18.0 Å². The highest BCUT2D eigenvalue weighted by atomic mass is 16.2. The highest BCUT2D eigenvalue weighted by Crippen LogP contribution is 2.08. The van der Waals surface area contributed by atoms with Crippen molar-refractivity contribution in [3.8, 4) is 0 Å². The molecule has 0 aliphatic carbocycles. The maximum absolute atomic E-state index is 13.0. The predicted octanol–water partition coefficient (Wildman–Crippen LogP) is 1.39. The van der Waals surface area contributed by atoms with Crippen LogP contribution in [0.15, 0.2) is 30.3 Å². The Morgan fingerprint density at radius 2 is 1.66 bits per heavy atom. The molecule has 1 fully saturated rings. The van der Waals surface area contributed by atoms with Crippen molar-refractivity contribution < 1.29 is 19.2 Å². The first kappa shape index (κ1) is 25.4. The van der Waals surface area contributed by atoms with Gasteiger partial charge < -0.3 is 20.9 Å². The highest BCUT2D eigenvalue weighted by molar-refractivity contribution is 5.92. The third kappa shape index (κ3) is 8.32. The standard InChI is InChI=1S/C24H36N4O4/c1-16(2)14-28-15-22(30)27-20(13-19-10-6-5-7-11-19)23(31)25-17(3)9-8-12-21(29)26-18(4)24(28)32/h5-7,10-11,16-18,20H,8-9,12-15H2,1-4H3,(H,25,31)(H,26,29)(H,27,30)/t17-,18-,20-/m0/s1. The van der Waals surface area contributed by atoms with E-state index in [-0.39, 0.29) is 42.6 Å². The zero-order chi connectivity index (χ0) is 23.7. The largest absolute Gasteiger partial charge is 0.352 e. The molecule has 2 rings (SSSR count). The zero-order valence-electron chi connectivity index (χ0n) is 19.5. The quantitative estimate of drug-likeness (QED) is 0.652. The zero-order valence-corrected chi connectivity index (χ0v) is 19.5. The number of nitrogens with zero attached hydrogens (tertiary/aromatic N) is 1. The van der Waals surface area contributed by atoms with E-state index in [9.17, 15) is 19.2 Å². The molecule has 1 aliphatic heterocycles. The van der Waals surface area contributed by atoms with Gasteiger partial charge in [-0.1, -0.05) is 44.2 Å². The number of hydrogen-bond acceptors (Lipinski definition) is 4. The van der Waals surface area contributed by atoms with Gasteiger partial charge in [0.25, 0.3) is 0 Å². The molecule has 0 saturated carbocycles. The van der Waals surface area contributed by atoms with Crippen LogP contribution < -0.4 is 16.0 Å². The first-order valence-electron chi connectivity index (χ1n) is 11.4. The number of benzene rings is 1. The molecule has 8 nitrogen and oxygen atoms in total. The molecule has 3 atom stereocenters. The first-order valence-corrected chi connectivity index (χ1v) is 11.4. The van der Waals surface area contributed by atoms with Crippen LogP contribution in [0.5, 0.6) is 0 Å². The molecule has 176 valence electrons. The van der Waals surface area contributed by atoms with Crippen LogP contribution in [0, 0.1) is 5.92 Å². The lowest BCUT2D eigenvalue weighted by Crippen LogP contribution is -2.54. The van der Waals surface area contributed by atoms with Crippen LogP contribution in [0.25, 0.3) is 0 Å². The third-order valence-corrected chi connectivity index (χ3v) is 5.34. The fourth-order valence-electron chi connectivity index (χ4n) is 3.78. The molecule has 3 N–H and O–H groups in total. The van der Waals surface area contributed by atoms with Crippen molar-refractivity contribution in [3.63, 3.8) is 0 Å². The van der Waals surface area contributed by atoms with Gasteiger partial charge in [0.2, 0.25) is 23.6 Å². The Labute approximate surface area is 190 Å². The highest BCUT2D eigenvalue weighted by Gasteiger charge is 2.28. The van der Waals surface area contributed by atoms with Crippen LogP contribution in [-0.4, -0.2) is 59.7 Å². The summed E-state index contributed by atoms with van der Waals surface area (Å²) in [7, 11) is 0.